The zero-order chi connectivity index (χ0) is 11.8. The molecule has 0 fully saturated rings. The molecule has 88 valence electrons. The van der Waals surface area contributed by atoms with Crippen LogP contribution in [0.3, 0.4) is 0 Å². The Bertz CT molecular complexity index is 323. The summed E-state index contributed by atoms with van der Waals surface area (Å²) in [6.45, 7) is 8.69. The number of nitrogens with one attached hydrogen (secondary N) is 1. The van der Waals surface area contributed by atoms with Crippen molar-refractivity contribution in [2.75, 3.05) is 25.0 Å². The molecule has 0 aliphatic carbocycles. The van der Waals surface area contributed by atoms with E-state index in [9.17, 15) is 0 Å². The third-order valence-electron chi connectivity index (χ3n) is 2.38. The molecular weight excluding hydrogens is 198 g/mol. The summed E-state index contributed by atoms with van der Waals surface area (Å²) in [5, 5.41) is 3.17. The standard InChI is InChI=1S/C13H21N3/c1-4-9-16(10-5-2)13-12(11-14-3)7-6-8-15-13/h4,6-8,14H,1,5,9-11H2,2-3H3. The second-order valence-electron chi connectivity index (χ2n) is 3.75. The topological polar surface area (TPSA) is 28.2 Å². The van der Waals surface area contributed by atoms with Crippen molar-refractivity contribution in [3.8, 4) is 0 Å². The van der Waals surface area contributed by atoms with E-state index in [0.29, 0.717) is 0 Å². The zero-order valence-electron chi connectivity index (χ0n) is 10.2. The molecule has 0 radical (unpaired) electrons. The Kier molecular flexibility index (Phi) is 5.57. The average Bonchev–Trinajstić information content (AvgIpc) is 2.30. The van der Waals surface area contributed by atoms with Crippen LogP contribution in [0.25, 0.3) is 0 Å². The van der Waals surface area contributed by atoms with Crippen LogP contribution in [-0.4, -0.2) is 25.1 Å². The van der Waals surface area contributed by atoms with Crippen LogP contribution in [0, 0.1) is 0 Å². The van der Waals surface area contributed by atoms with E-state index in [1.54, 1.807) is 0 Å². The SMILES string of the molecule is C=CCN(CCC)c1ncccc1CNC. The summed E-state index contributed by atoms with van der Waals surface area (Å²) in [4.78, 5) is 6.74. The minimum atomic E-state index is 0.848. The smallest absolute Gasteiger partial charge is 0.133 e. The van der Waals surface area contributed by atoms with Crippen LogP contribution in [-0.2, 0) is 6.54 Å². The fourth-order valence-corrected chi connectivity index (χ4v) is 1.75. The highest BCUT2D eigenvalue weighted by atomic mass is 15.2. The Hall–Kier alpha value is -1.35. The van der Waals surface area contributed by atoms with Crippen molar-refractivity contribution < 1.29 is 0 Å². The molecule has 0 spiro atoms. The van der Waals surface area contributed by atoms with Gasteiger partial charge in [-0.05, 0) is 19.5 Å². The molecule has 1 N–H and O–H groups in total. The van der Waals surface area contributed by atoms with Crippen molar-refractivity contribution in [2.24, 2.45) is 0 Å². The lowest BCUT2D eigenvalue weighted by molar-refractivity contribution is 0.768. The van der Waals surface area contributed by atoms with Gasteiger partial charge in [-0.15, -0.1) is 6.58 Å². The van der Waals surface area contributed by atoms with E-state index in [2.05, 4.69) is 34.8 Å². The van der Waals surface area contributed by atoms with E-state index in [-0.39, 0.29) is 0 Å². The fraction of sp³-hybridized carbons (Fsp3) is 0.462. The van der Waals surface area contributed by atoms with Gasteiger partial charge >= 0.3 is 0 Å². The van der Waals surface area contributed by atoms with Crippen LogP contribution in [0.4, 0.5) is 5.82 Å². The molecule has 1 rings (SSSR count). The van der Waals surface area contributed by atoms with Gasteiger partial charge in [0.05, 0.1) is 0 Å². The first-order chi connectivity index (χ1) is 7.83. The molecule has 0 atom stereocenters. The quantitative estimate of drug-likeness (QED) is 0.713. The summed E-state index contributed by atoms with van der Waals surface area (Å²) < 4.78 is 0. The first kappa shape index (κ1) is 12.7. The van der Waals surface area contributed by atoms with Crippen LogP contribution in [0.2, 0.25) is 0 Å². The summed E-state index contributed by atoms with van der Waals surface area (Å²) >= 11 is 0. The van der Waals surface area contributed by atoms with E-state index < -0.39 is 0 Å². The van der Waals surface area contributed by atoms with Crippen LogP contribution in [0.1, 0.15) is 18.9 Å². The lowest BCUT2D eigenvalue weighted by Gasteiger charge is -2.23. The second-order valence-corrected chi connectivity index (χ2v) is 3.75. The highest BCUT2D eigenvalue weighted by molar-refractivity contribution is 5.47. The molecule has 0 amide bonds. The van der Waals surface area contributed by atoms with E-state index in [1.165, 1.54) is 5.56 Å². The molecule has 1 heterocycles. The van der Waals surface area contributed by atoms with E-state index in [1.807, 2.05) is 25.4 Å². The normalized spacial score (nSPS) is 10.1. The van der Waals surface area contributed by atoms with Crippen molar-refractivity contribution in [3.05, 3.63) is 36.5 Å². The van der Waals surface area contributed by atoms with Gasteiger partial charge in [-0.25, -0.2) is 4.98 Å². The maximum atomic E-state index is 4.47. The van der Waals surface area contributed by atoms with Gasteiger partial charge in [0.1, 0.15) is 5.82 Å². The van der Waals surface area contributed by atoms with E-state index in [4.69, 9.17) is 0 Å². The molecule has 16 heavy (non-hydrogen) atoms. The molecule has 3 nitrogen and oxygen atoms in total. The van der Waals surface area contributed by atoms with Gasteiger partial charge in [0.25, 0.3) is 0 Å². The third-order valence-corrected chi connectivity index (χ3v) is 2.38. The predicted octanol–water partition coefficient (Wildman–Crippen LogP) is 2.20. The van der Waals surface area contributed by atoms with Crippen molar-refractivity contribution >= 4 is 5.82 Å². The molecule has 0 saturated heterocycles. The molecule has 0 saturated carbocycles. The summed E-state index contributed by atoms with van der Waals surface area (Å²) in [7, 11) is 1.95. The lowest BCUT2D eigenvalue weighted by atomic mass is 10.2. The van der Waals surface area contributed by atoms with Crippen LogP contribution in [0.5, 0.6) is 0 Å². The van der Waals surface area contributed by atoms with Gasteiger partial charge in [-0.2, -0.15) is 0 Å². The van der Waals surface area contributed by atoms with Gasteiger partial charge in [0, 0.05) is 31.4 Å². The third kappa shape index (κ3) is 3.35. The Morgan fingerprint density at radius 3 is 3.00 bits per heavy atom. The minimum Gasteiger partial charge on any atom is -0.353 e. The second kappa shape index (κ2) is 7.01. The maximum Gasteiger partial charge on any atom is 0.133 e. The highest BCUT2D eigenvalue weighted by Gasteiger charge is 2.09. The van der Waals surface area contributed by atoms with Crippen molar-refractivity contribution in [2.45, 2.75) is 19.9 Å². The van der Waals surface area contributed by atoms with Gasteiger partial charge in [0.15, 0.2) is 0 Å². The molecule has 0 aromatic carbocycles. The monoisotopic (exact) mass is 219 g/mol. The molecule has 0 aliphatic heterocycles. The van der Waals surface area contributed by atoms with E-state index >= 15 is 0 Å². The number of rotatable bonds is 7. The fourth-order valence-electron chi connectivity index (χ4n) is 1.75. The lowest BCUT2D eigenvalue weighted by Crippen LogP contribution is -2.27. The number of hydrogen-bond donors (Lipinski definition) is 1. The van der Waals surface area contributed by atoms with Crippen molar-refractivity contribution in [3.63, 3.8) is 0 Å². The average molecular weight is 219 g/mol. The molecule has 0 aliphatic rings. The van der Waals surface area contributed by atoms with Crippen molar-refractivity contribution in [1.82, 2.24) is 10.3 Å². The molecule has 0 unspecified atom stereocenters. The Morgan fingerprint density at radius 2 is 2.38 bits per heavy atom. The van der Waals surface area contributed by atoms with Gasteiger partial charge in [-0.3, -0.25) is 0 Å². The van der Waals surface area contributed by atoms with Crippen LogP contribution in [0.15, 0.2) is 31.0 Å². The maximum absolute atomic E-state index is 4.47. The molecule has 1 aromatic rings. The molecule has 0 bridgehead atoms. The number of pyridine rings is 1. The van der Waals surface area contributed by atoms with Crippen LogP contribution >= 0.6 is 0 Å². The number of anilines is 1. The van der Waals surface area contributed by atoms with Crippen molar-refractivity contribution in [1.29, 1.82) is 0 Å². The summed E-state index contributed by atoms with van der Waals surface area (Å²) in [5.41, 5.74) is 1.24. The van der Waals surface area contributed by atoms with E-state index in [0.717, 1.165) is 31.9 Å². The summed E-state index contributed by atoms with van der Waals surface area (Å²) in [6.07, 6.45) is 4.89. The zero-order valence-corrected chi connectivity index (χ0v) is 10.2. The molecule has 3 heteroatoms. The predicted molar refractivity (Wildman–Crippen MR) is 69.7 cm³/mol. The summed E-state index contributed by atoms with van der Waals surface area (Å²) in [6, 6.07) is 4.10. The largest absolute Gasteiger partial charge is 0.353 e. The number of aromatic nitrogens is 1. The first-order valence-corrected chi connectivity index (χ1v) is 5.77. The van der Waals surface area contributed by atoms with Crippen LogP contribution < -0.4 is 10.2 Å². The Labute approximate surface area is 98.2 Å². The van der Waals surface area contributed by atoms with Gasteiger partial charge in [0.2, 0.25) is 0 Å². The molecular formula is C13H21N3. The van der Waals surface area contributed by atoms with Gasteiger partial charge in [-0.1, -0.05) is 19.1 Å². The molecule has 1 aromatic heterocycles. The minimum absolute atomic E-state index is 0.848. The summed E-state index contributed by atoms with van der Waals surface area (Å²) in [5.74, 6) is 1.07. The Morgan fingerprint density at radius 1 is 1.56 bits per heavy atom. The highest BCUT2D eigenvalue weighted by Crippen LogP contribution is 2.17. The number of hydrogen-bond acceptors (Lipinski definition) is 3. The first-order valence-electron chi connectivity index (χ1n) is 5.77. The van der Waals surface area contributed by atoms with Gasteiger partial charge < -0.3 is 10.2 Å². The number of nitrogens with zero attached hydrogens (tertiary/aromatic N) is 2. The Balaban J connectivity index is 2.92.